The first-order valence-corrected chi connectivity index (χ1v) is 10.2. The lowest BCUT2D eigenvalue weighted by molar-refractivity contribution is 0.128. The molecule has 7 nitrogen and oxygen atoms in total. The Kier molecular flexibility index (Phi) is 4.89. The summed E-state index contributed by atoms with van der Waals surface area (Å²) in [5.74, 6) is 1.40. The third-order valence-electron chi connectivity index (χ3n) is 5.62. The van der Waals surface area contributed by atoms with Crippen LogP contribution in [-0.4, -0.2) is 58.1 Å². The molecule has 0 spiro atoms. The molecular weight excluding hydrogens is 350 g/mol. The van der Waals surface area contributed by atoms with Crippen LogP contribution in [0.15, 0.2) is 18.2 Å². The van der Waals surface area contributed by atoms with Crippen LogP contribution in [-0.2, 0) is 6.54 Å². The Hall–Kier alpha value is -2.38. The maximum atomic E-state index is 6.24. The van der Waals surface area contributed by atoms with Gasteiger partial charge in [-0.1, -0.05) is 6.92 Å². The number of imidazole rings is 1. The highest BCUT2D eigenvalue weighted by molar-refractivity contribution is 6.06. The zero-order chi connectivity index (χ0) is 19.9. The highest BCUT2D eigenvalue weighted by atomic mass is 15.3. The maximum Gasteiger partial charge on any atom is 0.150 e. The fourth-order valence-corrected chi connectivity index (χ4v) is 3.96. The highest BCUT2D eigenvalue weighted by Gasteiger charge is 2.26. The number of H-pyrrole nitrogens is 1. The van der Waals surface area contributed by atoms with Gasteiger partial charge in [-0.3, -0.25) is 4.90 Å². The number of fused-ring (bicyclic) bond motifs is 3. The number of pyridine rings is 1. The van der Waals surface area contributed by atoms with Crippen LogP contribution >= 0.6 is 0 Å². The topological polar surface area (TPSA) is 86.1 Å². The van der Waals surface area contributed by atoms with Crippen LogP contribution in [0.1, 0.15) is 33.5 Å². The minimum atomic E-state index is 0.224. The summed E-state index contributed by atoms with van der Waals surface area (Å²) in [7, 11) is 0. The van der Waals surface area contributed by atoms with Crippen molar-refractivity contribution in [3.8, 4) is 0 Å². The second-order valence-electron chi connectivity index (χ2n) is 8.53. The summed E-state index contributed by atoms with van der Waals surface area (Å²) in [6.45, 7) is 14.7. The largest absolute Gasteiger partial charge is 0.382 e. The average molecular weight is 382 g/mol. The number of rotatable bonds is 4. The molecule has 1 aliphatic heterocycles. The molecule has 4 rings (SSSR count). The first-order chi connectivity index (χ1) is 13.4. The van der Waals surface area contributed by atoms with Gasteiger partial charge in [-0.15, -0.1) is 0 Å². The molecule has 3 aromatic rings. The molecule has 4 N–H and O–H groups in total. The van der Waals surface area contributed by atoms with Crippen molar-refractivity contribution in [3.63, 3.8) is 0 Å². The molecule has 0 radical (unpaired) electrons. The van der Waals surface area contributed by atoms with Crippen LogP contribution in [0.3, 0.4) is 0 Å². The van der Waals surface area contributed by atoms with E-state index in [4.69, 9.17) is 10.7 Å². The lowest BCUT2D eigenvalue weighted by Crippen LogP contribution is -2.53. The number of nitrogens with one attached hydrogen (secondary N) is 2. The van der Waals surface area contributed by atoms with E-state index >= 15 is 0 Å². The first kappa shape index (κ1) is 19.0. The van der Waals surface area contributed by atoms with Crippen LogP contribution in [0, 0.1) is 0 Å². The smallest absolute Gasteiger partial charge is 0.150 e. The second-order valence-corrected chi connectivity index (χ2v) is 8.53. The number of benzene rings is 1. The summed E-state index contributed by atoms with van der Waals surface area (Å²) in [6, 6.07) is 6.47. The Balaban J connectivity index is 1.63. The zero-order valence-electron chi connectivity index (χ0n) is 17.3. The van der Waals surface area contributed by atoms with Crippen LogP contribution in [0.2, 0.25) is 0 Å². The van der Waals surface area contributed by atoms with E-state index in [1.54, 1.807) is 0 Å². The molecule has 0 unspecified atom stereocenters. The highest BCUT2D eigenvalue weighted by Crippen LogP contribution is 2.30. The van der Waals surface area contributed by atoms with Crippen LogP contribution in [0.5, 0.6) is 0 Å². The van der Waals surface area contributed by atoms with Crippen molar-refractivity contribution >= 4 is 33.4 Å². The monoisotopic (exact) mass is 381 g/mol. The van der Waals surface area contributed by atoms with E-state index in [0.717, 1.165) is 60.5 Å². The van der Waals surface area contributed by atoms with Crippen LogP contribution < -0.4 is 16.0 Å². The lowest BCUT2D eigenvalue weighted by Gasteiger charge is -2.43. The van der Waals surface area contributed by atoms with Gasteiger partial charge in [-0.2, -0.15) is 0 Å². The van der Waals surface area contributed by atoms with E-state index in [2.05, 4.69) is 71.0 Å². The van der Waals surface area contributed by atoms with E-state index < -0.39 is 0 Å². The predicted octanol–water partition coefficient (Wildman–Crippen LogP) is 2.72. The van der Waals surface area contributed by atoms with Crippen molar-refractivity contribution in [2.75, 3.05) is 43.4 Å². The number of anilines is 2. The average Bonchev–Trinajstić information content (AvgIpc) is 3.10. The fourth-order valence-electron chi connectivity index (χ4n) is 3.96. The van der Waals surface area contributed by atoms with Crippen LogP contribution in [0.25, 0.3) is 21.9 Å². The van der Waals surface area contributed by atoms with Gasteiger partial charge in [-0.25, -0.2) is 9.97 Å². The summed E-state index contributed by atoms with van der Waals surface area (Å²) in [5.41, 5.74) is 10.3. The van der Waals surface area contributed by atoms with Gasteiger partial charge in [0.2, 0.25) is 0 Å². The minimum absolute atomic E-state index is 0.224. The Labute approximate surface area is 166 Å². The molecule has 0 bridgehead atoms. The number of hydrogen-bond donors (Lipinski definition) is 3. The lowest BCUT2D eigenvalue weighted by atomic mass is 10.0. The number of nitrogens with zero attached hydrogens (tertiary/aromatic N) is 4. The van der Waals surface area contributed by atoms with Gasteiger partial charge < -0.3 is 20.9 Å². The molecule has 7 heteroatoms. The number of aromatic amines is 1. The summed E-state index contributed by atoms with van der Waals surface area (Å²) >= 11 is 0. The molecule has 0 atom stereocenters. The quantitative estimate of drug-likeness (QED) is 0.644. The molecule has 1 aromatic carbocycles. The normalized spacial score (nSPS) is 16.4. The molecule has 2 aromatic heterocycles. The van der Waals surface area contributed by atoms with E-state index in [9.17, 15) is 0 Å². The standard InChI is InChI=1S/C21H31N7/c1-5-23-13-17-25-18-15-7-6-14(12-16(15)24-20(22)19(18)26-17)27-8-10-28(11-9-27)21(2,3)4/h6-7,12,23H,5,8-11,13H2,1-4H3,(H2,22,24)(H,25,26). The van der Waals surface area contributed by atoms with Crippen molar-refractivity contribution in [3.05, 3.63) is 24.0 Å². The van der Waals surface area contributed by atoms with Crippen molar-refractivity contribution in [1.29, 1.82) is 0 Å². The van der Waals surface area contributed by atoms with Crippen molar-refractivity contribution in [2.45, 2.75) is 39.8 Å². The summed E-state index contributed by atoms with van der Waals surface area (Å²) < 4.78 is 0. The minimum Gasteiger partial charge on any atom is -0.382 e. The predicted molar refractivity (Wildman–Crippen MR) is 117 cm³/mol. The number of nitrogen functional groups attached to an aromatic ring is 1. The van der Waals surface area contributed by atoms with Crippen molar-refractivity contribution in [1.82, 2.24) is 25.2 Å². The van der Waals surface area contributed by atoms with Gasteiger partial charge in [0.15, 0.2) is 0 Å². The first-order valence-electron chi connectivity index (χ1n) is 10.2. The molecule has 0 saturated carbocycles. The SMILES string of the molecule is CCNCc1nc2c([nH]1)c(N)nc1cc(N3CCN(C(C)(C)C)CC3)ccc12. The second kappa shape index (κ2) is 7.22. The number of piperazine rings is 1. The molecule has 0 aliphatic carbocycles. The third kappa shape index (κ3) is 3.52. The molecule has 28 heavy (non-hydrogen) atoms. The molecule has 150 valence electrons. The van der Waals surface area contributed by atoms with Crippen molar-refractivity contribution in [2.24, 2.45) is 0 Å². The van der Waals surface area contributed by atoms with E-state index in [1.165, 1.54) is 5.69 Å². The van der Waals surface area contributed by atoms with Gasteiger partial charge in [0.05, 0.1) is 12.1 Å². The Bertz CT molecular complexity index is 978. The molecule has 1 saturated heterocycles. The zero-order valence-corrected chi connectivity index (χ0v) is 17.3. The van der Waals surface area contributed by atoms with E-state index in [-0.39, 0.29) is 5.54 Å². The Morgan fingerprint density at radius 1 is 1.14 bits per heavy atom. The summed E-state index contributed by atoms with van der Waals surface area (Å²) in [4.78, 5) is 17.7. The molecule has 0 amide bonds. The molecular formula is C21H31N7. The Morgan fingerprint density at radius 2 is 1.89 bits per heavy atom. The molecule has 3 heterocycles. The number of hydrogen-bond acceptors (Lipinski definition) is 6. The van der Waals surface area contributed by atoms with Gasteiger partial charge in [0.25, 0.3) is 0 Å². The summed E-state index contributed by atoms with van der Waals surface area (Å²) in [5, 5.41) is 4.34. The molecule has 1 aliphatic rings. The molecule has 1 fully saturated rings. The van der Waals surface area contributed by atoms with E-state index in [1.807, 2.05) is 0 Å². The van der Waals surface area contributed by atoms with Gasteiger partial charge in [0, 0.05) is 42.8 Å². The summed E-state index contributed by atoms with van der Waals surface area (Å²) in [6.07, 6.45) is 0. The van der Waals surface area contributed by atoms with Crippen molar-refractivity contribution < 1.29 is 0 Å². The maximum absolute atomic E-state index is 6.24. The van der Waals surface area contributed by atoms with Gasteiger partial charge in [0.1, 0.15) is 22.7 Å². The van der Waals surface area contributed by atoms with Gasteiger partial charge in [-0.05, 0) is 45.5 Å². The number of nitrogens with two attached hydrogens (primary N) is 1. The fraction of sp³-hybridized carbons (Fsp3) is 0.524. The number of aromatic nitrogens is 3. The Morgan fingerprint density at radius 3 is 2.57 bits per heavy atom. The van der Waals surface area contributed by atoms with E-state index in [0.29, 0.717) is 12.4 Å². The van der Waals surface area contributed by atoms with Crippen LogP contribution in [0.4, 0.5) is 11.5 Å². The third-order valence-corrected chi connectivity index (χ3v) is 5.62. The van der Waals surface area contributed by atoms with Gasteiger partial charge >= 0.3 is 0 Å².